The van der Waals surface area contributed by atoms with Crippen molar-refractivity contribution in [3.8, 4) is 0 Å². The summed E-state index contributed by atoms with van der Waals surface area (Å²) >= 11 is 3.58. The molecule has 0 N–H and O–H groups in total. The Morgan fingerprint density at radius 2 is 2.20 bits per heavy atom. The van der Waals surface area contributed by atoms with E-state index in [9.17, 15) is 0 Å². The van der Waals surface area contributed by atoms with Gasteiger partial charge in [0.15, 0.2) is 0 Å². The van der Waals surface area contributed by atoms with Crippen molar-refractivity contribution in [2.45, 2.75) is 19.3 Å². The normalized spacial score (nSPS) is 44.3. The highest BCUT2D eigenvalue weighted by Gasteiger charge is 2.30. The van der Waals surface area contributed by atoms with Gasteiger partial charge in [0.1, 0.15) is 0 Å². The van der Waals surface area contributed by atoms with E-state index in [1.165, 1.54) is 24.6 Å². The van der Waals surface area contributed by atoms with Gasteiger partial charge in [-0.05, 0) is 37.0 Å². The molecule has 0 radical (unpaired) electrons. The molecule has 0 saturated heterocycles. The van der Waals surface area contributed by atoms with Crippen molar-refractivity contribution in [1.82, 2.24) is 0 Å². The molecule has 1 saturated carbocycles. The molecule has 3 atom stereocenters. The van der Waals surface area contributed by atoms with Crippen LogP contribution in [-0.2, 0) is 0 Å². The van der Waals surface area contributed by atoms with Gasteiger partial charge in [0.2, 0.25) is 0 Å². The maximum Gasteiger partial charge on any atom is 0.00655 e. The molecule has 1 heteroatoms. The molecule has 3 rings (SSSR count). The van der Waals surface area contributed by atoms with Crippen LogP contribution in [0.15, 0.2) is 12.2 Å². The lowest BCUT2D eigenvalue weighted by Crippen LogP contribution is -2.27. The van der Waals surface area contributed by atoms with Gasteiger partial charge in [-0.2, -0.15) is 0 Å². The molecule has 2 bridgehead atoms. The van der Waals surface area contributed by atoms with Gasteiger partial charge in [-0.3, -0.25) is 0 Å². The molecule has 0 aromatic heterocycles. The molecule has 56 valence electrons. The molecule has 0 aromatic carbocycles. The van der Waals surface area contributed by atoms with Crippen LogP contribution in [0.5, 0.6) is 0 Å². The van der Waals surface area contributed by atoms with Gasteiger partial charge in [0, 0.05) is 5.33 Å². The Kier molecular flexibility index (Phi) is 1.86. The highest BCUT2D eigenvalue weighted by Crippen LogP contribution is 2.40. The van der Waals surface area contributed by atoms with Gasteiger partial charge in [-0.1, -0.05) is 28.1 Å². The van der Waals surface area contributed by atoms with E-state index < -0.39 is 0 Å². The summed E-state index contributed by atoms with van der Waals surface area (Å²) in [4.78, 5) is 0. The van der Waals surface area contributed by atoms with E-state index >= 15 is 0 Å². The average molecular weight is 201 g/mol. The molecular formula is C9H13Br. The van der Waals surface area contributed by atoms with Gasteiger partial charge in [0.05, 0.1) is 0 Å². The second-order valence-corrected chi connectivity index (χ2v) is 4.18. The SMILES string of the molecule is BrCC1CC2C=CC1CC2. The smallest absolute Gasteiger partial charge is 0.00655 e. The molecule has 0 spiro atoms. The largest absolute Gasteiger partial charge is 0.0925 e. The zero-order chi connectivity index (χ0) is 6.97. The Bertz CT molecular complexity index is 151. The van der Waals surface area contributed by atoms with E-state index in [4.69, 9.17) is 0 Å². The van der Waals surface area contributed by atoms with E-state index in [1.807, 2.05) is 0 Å². The van der Waals surface area contributed by atoms with Gasteiger partial charge >= 0.3 is 0 Å². The minimum atomic E-state index is 0.907. The quantitative estimate of drug-likeness (QED) is 0.452. The highest BCUT2D eigenvalue weighted by molar-refractivity contribution is 9.09. The van der Waals surface area contributed by atoms with Crippen molar-refractivity contribution in [1.29, 1.82) is 0 Å². The summed E-state index contributed by atoms with van der Waals surface area (Å²) in [6, 6.07) is 0. The van der Waals surface area contributed by atoms with E-state index in [2.05, 4.69) is 28.1 Å². The van der Waals surface area contributed by atoms with Crippen molar-refractivity contribution in [2.75, 3.05) is 5.33 Å². The molecule has 0 aliphatic heterocycles. The fourth-order valence-corrected chi connectivity index (χ4v) is 2.97. The number of alkyl halides is 1. The van der Waals surface area contributed by atoms with Gasteiger partial charge < -0.3 is 0 Å². The van der Waals surface area contributed by atoms with Gasteiger partial charge in [-0.25, -0.2) is 0 Å². The van der Waals surface area contributed by atoms with Gasteiger partial charge in [-0.15, -0.1) is 0 Å². The first kappa shape index (κ1) is 6.90. The van der Waals surface area contributed by atoms with Crippen LogP contribution in [0.4, 0.5) is 0 Å². The van der Waals surface area contributed by atoms with E-state index in [0.29, 0.717) is 0 Å². The first-order valence-electron chi connectivity index (χ1n) is 4.14. The second kappa shape index (κ2) is 2.69. The molecule has 0 aromatic rings. The Morgan fingerprint density at radius 1 is 1.30 bits per heavy atom. The topological polar surface area (TPSA) is 0 Å². The molecule has 3 unspecified atom stereocenters. The first-order valence-corrected chi connectivity index (χ1v) is 5.26. The zero-order valence-electron chi connectivity index (χ0n) is 6.09. The van der Waals surface area contributed by atoms with Crippen LogP contribution in [0, 0.1) is 17.8 Å². The van der Waals surface area contributed by atoms with E-state index in [0.717, 1.165) is 17.8 Å². The number of allylic oxidation sites excluding steroid dienone is 2. The van der Waals surface area contributed by atoms with Crippen molar-refractivity contribution in [3.05, 3.63) is 12.2 Å². The minimum Gasteiger partial charge on any atom is -0.0925 e. The molecule has 0 nitrogen and oxygen atoms in total. The van der Waals surface area contributed by atoms with E-state index in [-0.39, 0.29) is 0 Å². The number of fused-ring (bicyclic) bond motifs is 2. The molecule has 1 fully saturated rings. The summed E-state index contributed by atoms with van der Waals surface area (Å²) in [5.41, 5.74) is 0. The Hall–Kier alpha value is 0.220. The van der Waals surface area contributed by atoms with Crippen molar-refractivity contribution < 1.29 is 0 Å². The predicted molar refractivity (Wildman–Crippen MR) is 47.3 cm³/mol. The Labute approximate surface area is 70.8 Å². The standard InChI is InChI=1S/C9H13Br/c10-6-9-5-7-1-3-8(9)4-2-7/h1,3,7-9H,2,4-6H2. The molecule has 0 heterocycles. The fraction of sp³-hybridized carbons (Fsp3) is 0.778. The molecule has 0 amide bonds. The maximum absolute atomic E-state index is 3.58. The summed E-state index contributed by atoms with van der Waals surface area (Å²) in [7, 11) is 0. The van der Waals surface area contributed by atoms with Crippen LogP contribution in [0.25, 0.3) is 0 Å². The maximum atomic E-state index is 3.58. The minimum absolute atomic E-state index is 0.907. The predicted octanol–water partition coefficient (Wildman–Crippen LogP) is 2.98. The summed E-state index contributed by atoms with van der Waals surface area (Å²) in [6.07, 6.45) is 9.19. The number of halogens is 1. The number of hydrogen-bond acceptors (Lipinski definition) is 0. The third kappa shape index (κ3) is 1.05. The van der Waals surface area contributed by atoms with Gasteiger partial charge in [0.25, 0.3) is 0 Å². The third-order valence-electron chi connectivity index (χ3n) is 2.91. The van der Waals surface area contributed by atoms with Crippen LogP contribution in [-0.4, -0.2) is 5.33 Å². The molecular weight excluding hydrogens is 188 g/mol. The van der Waals surface area contributed by atoms with Crippen LogP contribution in [0.3, 0.4) is 0 Å². The van der Waals surface area contributed by atoms with Crippen molar-refractivity contribution in [2.24, 2.45) is 17.8 Å². The molecule has 10 heavy (non-hydrogen) atoms. The lowest BCUT2D eigenvalue weighted by atomic mass is 9.70. The highest BCUT2D eigenvalue weighted by atomic mass is 79.9. The fourth-order valence-electron chi connectivity index (χ4n) is 2.23. The lowest BCUT2D eigenvalue weighted by molar-refractivity contribution is 0.243. The molecule has 3 aliphatic carbocycles. The van der Waals surface area contributed by atoms with Crippen LogP contribution < -0.4 is 0 Å². The molecule has 3 aliphatic rings. The van der Waals surface area contributed by atoms with E-state index in [1.54, 1.807) is 0 Å². The number of rotatable bonds is 1. The van der Waals surface area contributed by atoms with Crippen LogP contribution >= 0.6 is 15.9 Å². The zero-order valence-corrected chi connectivity index (χ0v) is 7.68. The first-order chi connectivity index (χ1) is 4.90. The third-order valence-corrected chi connectivity index (χ3v) is 3.74. The average Bonchev–Trinajstić information content (AvgIpc) is 2.06. The summed E-state index contributed by atoms with van der Waals surface area (Å²) in [5, 5.41) is 1.21. The van der Waals surface area contributed by atoms with Crippen LogP contribution in [0.1, 0.15) is 19.3 Å². The summed E-state index contributed by atoms with van der Waals surface area (Å²) < 4.78 is 0. The Morgan fingerprint density at radius 3 is 2.50 bits per heavy atom. The number of hydrogen-bond donors (Lipinski definition) is 0. The second-order valence-electron chi connectivity index (χ2n) is 3.54. The Balaban J connectivity index is 2.11. The van der Waals surface area contributed by atoms with Crippen molar-refractivity contribution >= 4 is 15.9 Å². The lowest BCUT2D eigenvalue weighted by Gasteiger charge is -2.37. The monoisotopic (exact) mass is 200 g/mol. The van der Waals surface area contributed by atoms with Crippen LogP contribution in [0.2, 0.25) is 0 Å². The van der Waals surface area contributed by atoms with Crippen molar-refractivity contribution in [3.63, 3.8) is 0 Å². The summed E-state index contributed by atoms with van der Waals surface area (Å²) in [5.74, 6) is 2.78. The summed E-state index contributed by atoms with van der Waals surface area (Å²) in [6.45, 7) is 0.